The van der Waals surface area contributed by atoms with Gasteiger partial charge in [0.25, 0.3) is 5.91 Å². The van der Waals surface area contributed by atoms with Gasteiger partial charge in [0.2, 0.25) is 0 Å². The lowest BCUT2D eigenvalue weighted by Gasteiger charge is -2.08. The number of hydrogen-bond acceptors (Lipinski definition) is 4. The number of benzene rings is 2. The number of carbonyl (C=O) groups is 1. The van der Waals surface area contributed by atoms with E-state index in [2.05, 4.69) is 17.5 Å². The van der Waals surface area contributed by atoms with Gasteiger partial charge < -0.3 is 9.47 Å². The summed E-state index contributed by atoms with van der Waals surface area (Å²) in [4.78, 5) is 11.8. The Balaban J connectivity index is 1.79. The maximum atomic E-state index is 11.8. The number of hydrazone groups is 1. The molecule has 1 amide bonds. The Hall–Kier alpha value is -2.82. The highest BCUT2D eigenvalue weighted by atomic mass is 16.5. The Labute approximate surface area is 148 Å². The minimum Gasteiger partial charge on any atom is -0.494 e. The van der Waals surface area contributed by atoms with Crippen molar-refractivity contribution >= 4 is 12.1 Å². The zero-order chi connectivity index (χ0) is 18.1. The molecule has 0 spiro atoms. The van der Waals surface area contributed by atoms with E-state index < -0.39 is 0 Å². The van der Waals surface area contributed by atoms with Crippen molar-refractivity contribution in [2.75, 3.05) is 13.2 Å². The topological polar surface area (TPSA) is 59.9 Å². The quantitative estimate of drug-likeness (QED) is 0.590. The minimum atomic E-state index is -0.306. The van der Waals surface area contributed by atoms with Crippen LogP contribution in [-0.4, -0.2) is 25.3 Å². The van der Waals surface area contributed by atoms with Crippen LogP contribution in [-0.2, 0) is 4.79 Å². The van der Waals surface area contributed by atoms with Crippen LogP contribution in [0.15, 0.2) is 47.6 Å². The lowest BCUT2D eigenvalue weighted by atomic mass is 10.1. The van der Waals surface area contributed by atoms with Crippen LogP contribution in [0.25, 0.3) is 0 Å². The first-order valence-corrected chi connectivity index (χ1v) is 8.33. The van der Waals surface area contributed by atoms with Gasteiger partial charge in [-0.15, -0.1) is 0 Å². The fraction of sp³-hybridized carbons (Fsp3) is 0.300. The number of hydrogen-bond donors (Lipinski definition) is 1. The highest BCUT2D eigenvalue weighted by Gasteiger charge is 2.04. The van der Waals surface area contributed by atoms with Crippen LogP contribution in [0.3, 0.4) is 0 Å². The zero-order valence-corrected chi connectivity index (χ0v) is 14.9. The highest BCUT2D eigenvalue weighted by molar-refractivity contribution is 5.83. The third kappa shape index (κ3) is 6.30. The van der Waals surface area contributed by atoms with Crippen molar-refractivity contribution in [3.63, 3.8) is 0 Å². The molecule has 2 aromatic rings. The molecule has 0 aliphatic carbocycles. The summed E-state index contributed by atoms with van der Waals surface area (Å²) in [6.07, 6.45) is 2.55. The molecule has 5 nitrogen and oxygen atoms in total. The summed E-state index contributed by atoms with van der Waals surface area (Å²) in [5.74, 6) is 1.23. The van der Waals surface area contributed by atoms with Crippen molar-refractivity contribution < 1.29 is 14.3 Å². The number of ether oxygens (including phenoxy) is 2. The van der Waals surface area contributed by atoms with Crippen LogP contribution in [0.2, 0.25) is 0 Å². The number of amides is 1. The van der Waals surface area contributed by atoms with E-state index in [0.717, 1.165) is 28.9 Å². The molecule has 0 aliphatic heterocycles. The van der Waals surface area contributed by atoms with Gasteiger partial charge in [0.05, 0.1) is 12.8 Å². The van der Waals surface area contributed by atoms with Crippen LogP contribution >= 0.6 is 0 Å². The fourth-order valence-corrected chi connectivity index (χ4v) is 2.09. The first-order valence-electron chi connectivity index (χ1n) is 8.33. The third-order valence-electron chi connectivity index (χ3n) is 3.46. The Morgan fingerprint density at radius 2 is 1.88 bits per heavy atom. The maximum absolute atomic E-state index is 11.8. The second-order valence-corrected chi connectivity index (χ2v) is 5.77. The van der Waals surface area contributed by atoms with E-state index in [4.69, 9.17) is 9.47 Å². The molecule has 0 unspecified atom stereocenters. The van der Waals surface area contributed by atoms with Crippen LogP contribution in [0.1, 0.15) is 30.0 Å². The van der Waals surface area contributed by atoms with E-state index in [1.165, 1.54) is 0 Å². The molecule has 0 heterocycles. The van der Waals surface area contributed by atoms with Crippen LogP contribution in [0, 0.1) is 13.8 Å². The fourth-order valence-electron chi connectivity index (χ4n) is 2.09. The first kappa shape index (κ1) is 18.5. The van der Waals surface area contributed by atoms with Gasteiger partial charge in [-0.1, -0.05) is 19.1 Å². The molecular weight excluding hydrogens is 316 g/mol. The van der Waals surface area contributed by atoms with Crippen molar-refractivity contribution in [3.8, 4) is 11.5 Å². The SMILES string of the molecule is CCCOc1ccc(/C=N/NC(=O)COc2cc(C)ccc2C)cc1. The van der Waals surface area contributed by atoms with Crippen LogP contribution < -0.4 is 14.9 Å². The average molecular weight is 340 g/mol. The standard InChI is InChI=1S/C20H24N2O3/c1-4-11-24-18-9-7-17(8-10-18)13-21-22-20(23)14-25-19-12-15(2)5-6-16(19)3/h5-10,12-13H,4,11,14H2,1-3H3,(H,22,23)/b21-13+. The van der Waals surface area contributed by atoms with E-state index in [9.17, 15) is 4.79 Å². The zero-order valence-electron chi connectivity index (χ0n) is 14.9. The Morgan fingerprint density at radius 3 is 2.60 bits per heavy atom. The van der Waals surface area contributed by atoms with Crippen molar-refractivity contribution in [2.24, 2.45) is 5.10 Å². The molecule has 5 heteroatoms. The summed E-state index contributed by atoms with van der Waals surface area (Å²) in [5.41, 5.74) is 5.41. The van der Waals surface area contributed by atoms with Gasteiger partial charge in [-0.05, 0) is 67.3 Å². The lowest BCUT2D eigenvalue weighted by molar-refractivity contribution is -0.123. The maximum Gasteiger partial charge on any atom is 0.277 e. The molecule has 25 heavy (non-hydrogen) atoms. The monoisotopic (exact) mass is 340 g/mol. The summed E-state index contributed by atoms with van der Waals surface area (Å²) < 4.78 is 11.0. The van der Waals surface area contributed by atoms with Gasteiger partial charge in [-0.25, -0.2) is 5.43 Å². The number of carbonyl (C=O) groups excluding carboxylic acids is 1. The highest BCUT2D eigenvalue weighted by Crippen LogP contribution is 2.18. The Bertz CT molecular complexity index is 724. The third-order valence-corrected chi connectivity index (χ3v) is 3.46. The summed E-state index contributed by atoms with van der Waals surface area (Å²) in [6.45, 7) is 6.61. The van der Waals surface area contributed by atoms with Crippen LogP contribution in [0.5, 0.6) is 11.5 Å². The van der Waals surface area contributed by atoms with E-state index >= 15 is 0 Å². The molecule has 0 saturated heterocycles. The summed E-state index contributed by atoms with van der Waals surface area (Å²) in [6, 6.07) is 13.4. The number of nitrogens with one attached hydrogen (secondary N) is 1. The normalized spacial score (nSPS) is 10.7. The summed E-state index contributed by atoms with van der Waals surface area (Å²) in [5, 5.41) is 3.94. The number of rotatable bonds is 8. The molecule has 132 valence electrons. The molecular formula is C20H24N2O3. The van der Waals surface area contributed by atoms with Crippen LogP contribution in [0.4, 0.5) is 0 Å². The van der Waals surface area contributed by atoms with Gasteiger partial charge in [0, 0.05) is 0 Å². The smallest absolute Gasteiger partial charge is 0.277 e. The molecule has 0 atom stereocenters. The van der Waals surface area contributed by atoms with Gasteiger partial charge in [0.1, 0.15) is 11.5 Å². The van der Waals surface area contributed by atoms with Gasteiger partial charge >= 0.3 is 0 Å². The second-order valence-electron chi connectivity index (χ2n) is 5.77. The van der Waals surface area contributed by atoms with E-state index in [-0.39, 0.29) is 12.5 Å². The Kier molecular flexibility index (Phi) is 7.01. The summed E-state index contributed by atoms with van der Waals surface area (Å²) in [7, 11) is 0. The minimum absolute atomic E-state index is 0.0779. The Morgan fingerprint density at radius 1 is 1.12 bits per heavy atom. The van der Waals surface area contributed by atoms with E-state index in [0.29, 0.717) is 12.4 Å². The largest absolute Gasteiger partial charge is 0.494 e. The van der Waals surface area contributed by atoms with E-state index in [1.54, 1.807) is 6.21 Å². The average Bonchev–Trinajstić information content (AvgIpc) is 2.62. The van der Waals surface area contributed by atoms with Gasteiger partial charge in [-0.2, -0.15) is 5.10 Å². The molecule has 0 radical (unpaired) electrons. The molecule has 0 fully saturated rings. The van der Waals surface area contributed by atoms with Gasteiger partial charge in [0.15, 0.2) is 6.61 Å². The van der Waals surface area contributed by atoms with Crippen molar-refractivity contribution in [3.05, 3.63) is 59.2 Å². The van der Waals surface area contributed by atoms with Crippen molar-refractivity contribution in [1.29, 1.82) is 0 Å². The molecule has 0 bridgehead atoms. The second kappa shape index (κ2) is 9.47. The summed E-state index contributed by atoms with van der Waals surface area (Å²) >= 11 is 0. The molecule has 1 N–H and O–H groups in total. The molecule has 0 saturated carbocycles. The van der Waals surface area contributed by atoms with Crippen molar-refractivity contribution in [2.45, 2.75) is 27.2 Å². The predicted octanol–water partition coefficient (Wildman–Crippen LogP) is 3.62. The number of nitrogens with zero attached hydrogens (tertiary/aromatic N) is 1. The van der Waals surface area contributed by atoms with Crippen molar-refractivity contribution in [1.82, 2.24) is 5.43 Å². The van der Waals surface area contributed by atoms with E-state index in [1.807, 2.05) is 56.3 Å². The molecule has 2 rings (SSSR count). The molecule has 0 aromatic heterocycles. The molecule has 0 aliphatic rings. The predicted molar refractivity (Wildman–Crippen MR) is 99.4 cm³/mol. The lowest BCUT2D eigenvalue weighted by Crippen LogP contribution is -2.24. The number of aryl methyl sites for hydroxylation is 2. The molecule has 2 aromatic carbocycles. The van der Waals surface area contributed by atoms with Gasteiger partial charge in [-0.3, -0.25) is 4.79 Å². The first-order chi connectivity index (χ1) is 12.1.